The third kappa shape index (κ3) is 3.37. The summed E-state index contributed by atoms with van der Waals surface area (Å²) in [6.45, 7) is 2.76. The minimum Gasteiger partial charge on any atom is -0.361 e. The lowest BCUT2D eigenvalue weighted by atomic mass is 10.2. The lowest BCUT2D eigenvalue weighted by molar-refractivity contribution is -0.385. The van der Waals surface area contributed by atoms with Crippen LogP contribution in [0.15, 0.2) is 27.6 Å². The van der Waals surface area contributed by atoms with Crippen molar-refractivity contribution in [2.24, 2.45) is 0 Å². The van der Waals surface area contributed by atoms with Crippen LogP contribution in [0.4, 0.5) is 10.1 Å². The number of rotatable bonds is 5. The highest BCUT2D eigenvalue weighted by atomic mass is 32.2. The number of hydrogen-bond donors (Lipinski definition) is 0. The smallest absolute Gasteiger partial charge is 0.276 e. The van der Waals surface area contributed by atoms with Crippen LogP contribution < -0.4 is 0 Å². The van der Waals surface area contributed by atoms with Crippen molar-refractivity contribution in [1.29, 1.82) is 0 Å². The minimum absolute atomic E-state index is 0.108. The molecule has 1 aromatic carbocycles. The van der Waals surface area contributed by atoms with Gasteiger partial charge in [0.2, 0.25) is 10.0 Å². The SMILES string of the molecule is Cc1cc(CN(C)S(=O)(=O)c2cc(F)c(C)c([N+](=O)[O-])c2)no1. The number of nitrogens with zero attached hydrogens (tertiary/aromatic N) is 3. The molecule has 0 aliphatic rings. The van der Waals surface area contributed by atoms with Crippen LogP contribution in [0.2, 0.25) is 0 Å². The molecular formula is C13H14FN3O5S. The summed E-state index contributed by atoms with van der Waals surface area (Å²) in [5, 5.41) is 14.6. The summed E-state index contributed by atoms with van der Waals surface area (Å²) in [6.07, 6.45) is 0. The van der Waals surface area contributed by atoms with Gasteiger partial charge in [0.25, 0.3) is 5.69 Å². The number of sulfonamides is 1. The number of aryl methyl sites for hydroxylation is 1. The van der Waals surface area contributed by atoms with E-state index in [1.165, 1.54) is 14.0 Å². The zero-order chi connectivity index (χ0) is 17.4. The zero-order valence-corrected chi connectivity index (χ0v) is 13.4. The molecule has 2 aromatic rings. The molecule has 0 saturated heterocycles. The fourth-order valence-corrected chi connectivity index (χ4v) is 3.14. The maximum absolute atomic E-state index is 13.8. The molecule has 0 aliphatic carbocycles. The van der Waals surface area contributed by atoms with E-state index >= 15 is 0 Å². The molecule has 8 nitrogen and oxygen atoms in total. The molecule has 23 heavy (non-hydrogen) atoms. The molecule has 10 heteroatoms. The van der Waals surface area contributed by atoms with E-state index in [0.717, 1.165) is 16.4 Å². The Hall–Kier alpha value is -2.33. The van der Waals surface area contributed by atoms with Crippen LogP contribution in [-0.4, -0.2) is 29.9 Å². The third-order valence-electron chi connectivity index (χ3n) is 3.26. The summed E-state index contributed by atoms with van der Waals surface area (Å²) in [5.74, 6) is -0.439. The van der Waals surface area contributed by atoms with Gasteiger partial charge >= 0.3 is 0 Å². The molecule has 0 atom stereocenters. The topological polar surface area (TPSA) is 107 Å². The minimum atomic E-state index is -4.12. The second-order valence-corrected chi connectivity index (χ2v) is 7.04. The molecule has 1 heterocycles. The van der Waals surface area contributed by atoms with Gasteiger partial charge in [-0.1, -0.05) is 5.16 Å². The quantitative estimate of drug-likeness (QED) is 0.608. The normalized spacial score (nSPS) is 11.9. The van der Waals surface area contributed by atoms with Gasteiger partial charge < -0.3 is 4.52 Å². The fraction of sp³-hybridized carbons (Fsp3) is 0.308. The second-order valence-electron chi connectivity index (χ2n) is 5.00. The van der Waals surface area contributed by atoms with Crippen LogP contribution in [0, 0.1) is 29.8 Å². The molecule has 0 radical (unpaired) electrons. The highest BCUT2D eigenvalue weighted by Gasteiger charge is 2.27. The van der Waals surface area contributed by atoms with Crippen molar-refractivity contribution in [1.82, 2.24) is 9.46 Å². The van der Waals surface area contributed by atoms with Gasteiger partial charge in [0, 0.05) is 19.2 Å². The van der Waals surface area contributed by atoms with E-state index in [2.05, 4.69) is 5.16 Å². The molecule has 0 saturated carbocycles. The Bertz CT molecular complexity index is 862. The Morgan fingerprint density at radius 3 is 2.52 bits per heavy atom. The Balaban J connectivity index is 2.41. The Morgan fingerprint density at radius 1 is 1.35 bits per heavy atom. The Labute approximate surface area is 131 Å². The first-order chi connectivity index (χ1) is 10.6. The Kier molecular flexibility index (Phi) is 4.48. The van der Waals surface area contributed by atoms with Gasteiger partial charge in [-0.2, -0.15) is 4.31 Å². The number of halogens is 1. The van der Waals surface area contributed by atoms with Crippen molar-refractivity contribution in [3.8, 4) is 0 Å². The van der Waals surface area contributed by atoms with Crippen LogP contribution in [0.3, 0.4) is 0 Å². The largest absolute Gasteiger partial charge is 0.361 e. The highest BCUT2D eigenvalue weighted by molar-refractivity contribution is 7.89. The van der Waals surface area contributed by atoms with Crippen molar-refractivity contribution in [2.45, 2.75) is 25.3 Å². The molecule has 0 N–H and O–H groups in total. The second kappa shape index (κ2) is 6.05. The van der Waals surface area contributed by atoms with E-state index < -0.39 is 31.3 Å². The first-order valence-corrected chi connectivity index (χ1v) is 7.90. The van der Waals surface area contributed by atoms with Crippen LogP contribution in [0.5, 0.6) is 0 Å². The van der Waals surface area contributed by atoms with E-state index in [1.807, 2.05) is 0 Å². The standard InChI is InChI=1S/C13H14FN3O5S/c1-8-4-10(15-22-8)7-16(3)23(20,21)11-5-12(14)9(2)13(6-11)17(18)19/h4-6H,7H2,1-3H3. The van der Waals surface area contributed by atoms with Crippen molar-refractivity contribution in [3.63, 3.8) is 0 Å². The molecule has 2 rings (SSSR count). The molecular weight excluding hydrogens is 329 g/mol. The van der Waals surface area contributed by atoms with E-state index in [0.29, 0.717) is 11.5 Å². The highest BCUT2D eigenvalue weighted by Crippen LogP contribution is 2.27. The molecule has 0 fully saturated rings. The summed E-state index contributed by atoms with van der Waals surface area (Å²) in [7, 11) is -2.85. The molecule has 1 aromatic heterocycles. The van der Waals surface area contributed by atoms with Crippen molar-refractivity contribution < 1.29 is 22.3 Å². The van der Waals surface area contributed by atoms with Crippen molar-refractivity contribution >= 4 is 15.7 Å². The number of benzene rings is 1. The first kappa shape index (κ1) is 17.0. The monoisotopic (exact) mass is 343 g/mol. The summed E-state index contributed by atoms with van der Waals surface area (Å²) in [4.78, 5) is 9.61. The van der Waals surface area contributed by atoms with Crippen LogP contribution >= 0.6 is 0 Å². The zero-order valence-electron chi connectivity index (χ0n) is 12.6. The number of nitro groups is 1. The molecule has 0 amide bonds. The molecule has 0 bridgehead atoms. The number of aromatic nitrogens is 1. The summed E-state index contributed by atoms with van der Waals surface area (Å²) in [6, 6.07) is 3.17. The van der Waals surface area contributed by atoms with Crippen molar-refractivity contribution in [2.75, 3.05) is 7.05 Å². The van der Waals surface area contributed by atoms with Gasteiger partial charge in [-0.05, 0) is 19.9 Å². The fourth-order valence-electron chi connectivity index (χ4n) is 1.96. The maximum atomic E-state index is 13.8. The molecule has 124 valence electrons. The van der Waals surface area contributed by atoms with Crippen LogP contribution in [0.25, 0.3) is 0 Å². The molecule has 0 spiro atoms. The first-order valence-electron chi connectivity index (χ1n) is 6.46. The number of hydrogen-bond acceptors (Lipinski definition) is 6. The van der Waals surface area contributed by atoms with E-state index in [4.69, 9.17) is 4.52 Å². The lowest BCUT2D eigenvalue weighted by Gasteiger charge is -2.16. The summed E-state index contributed by atoms with van der Waals surface area (Å²) >= 11 is 0. The average Bonchev–Trinajstić information content (AvgIpc) is 2.86. The van der Waals surface area contributed by atoms with Crippen LogP contribution in [-0.2, 0) is 16.6 Å². The van der Waals surface area contributed by atoms with Crippen LogP contribution in [0.1, 0.15) is 17.0 Å². The van der Waals surface area contributed by atoms with Gasteiger partial charge in [-0.15, -0.1) is 0 Å². The van der Waals surface area contributed by atoms with Gasteiger partial charge in [-0.25, -0.2) is 12.8 Å². The molecule has 0 aliphatic heterocycles. The van der Waals surface area contributed by atoms with E-state index in [9.17, 15) is 22.9 Å². The third-order valence-corrected chi connectivity index (χ3v) is 5.04. The van der Waals surface area contributed by atoms with Gasteiger partial charge in [-0.3, -0.25) is 10.1 Å². The summed E-state index contributed by atoms with van der Waals surface area (Å²) in [5.41, 5.74) is -0.436. The lowest BCUT2D eigenvalue weighted by Crippen LogP contribution is -2.27. The van der Waals surface area contributed by atoms with Gasteiger partial charge in [0.1, 0.15) is 11.6 Å². The average molecular weight is 343 g/mol. The van der Waals surface area contributed by atoms with Gasteiger partial charge in [0.05, 0.1) is 27.6 Å². The van der Waals surface area contributed by atoms with E-state index in [1.54, 1.807) is 13.0 Å². The predicted molar refractivity (Wildman–Crippen MR) is 77.7 cm³/mol. The summed E-state index contributed by atoms with van der Waals surface area (Å²) < 4.78 is 44.5. The number of nitro benzene ring substituents is 1. The molecule has 0 unspecified atom stereocenters. The van der Waals surface area contributed by atoms with Gasteiger partial charge in [0.15, 0.2) is 0 Å². The maximum Gasteiger partial charge on any atom is 0.276 e. The Morgan fingerprint density at radius 2 is 2.00 bits per heavy atom. The van der Waals surface area contributed by atoms with E-state index in [-0.39, 0.29) is 12.1 Å². The van der Waals surface area contributed by atoms with Crippen molar-refractivity contribution in [3.05, 3.63) is 51.1 Å². The predicted octanol–water partition coefficient (Wildman–Crippen LogP) is 2.16.